The Morgan fingerprint density at radius 3 is 1.67 bits per heavy atom. The number of hydrogen-bond donors (Lipinski definition) is 2. The highest BCUT2D eigenvalue weighted by molar-refractivity contribution is 4.72. The van der Waals surface area contributed by atoms with Gasteiger partial charge in [0.25, 0.3) is 0 Å². The first-order valence-corrected chi connectivity index (χ1v) is 6.66. The molecule has 0 aliphatic heterocycles. The average molecular weight is 214 g/mol. The Morgan fingerprint density at radius 2 is 1.33 bits per heavy atom. The van der Waals surface area contributed by atoms with E-state index in [1.807, 2.05) is 0 Å². The van der Waals surface area contributed by atoms with Crippen LogP contribution < -0.4 is 10.6 Å². The van der Waals surface area contributed by atoms with Crippen molar-refractivity contribution < 1.29 is 0 Å². The van der Waals surface area contributed by atoms with Crippen molar-refractivity contribution in [2.75, 3.05) is 0 Å². The van der Waals surface area contributed by atoms with Gasteiger partial charge in [0.05, 0.1) is 6.17 Å². The van der Waals surface area contributed by atoms with E-state index in [0.717, 1.165) is 0 Å². The van der Waals surface area contributed by atoms with Gasteiger partial charge in [0, 0.05) is 12.1 Å². The molecule has 2 atom stereocenters. The number of hydrogen-bond acceptors (Lipinski definition) is 2. The van der Waals surface area contributed by atoms with Crippen LogP contribution in [-0.4, -0.2) is 18.2 Å². The fourth-order valence-corrected chi connectivity index (χ4v) is 1.55. The minimum atomic E-state index is 0.495. The van der Waals surface area contributed by atoms with E-state index in [-0.39, 0.29) is 0 Å². The lowest BCUT2D eigenvalue weighted by atomic mass is 10.1. The van der Waals surface area contributed by atoms with Crippen molar-refractivity contribution in [3.63, 3.8) is 0 Å². The molecule has 0 saturated carbocycles. The van der Waals surface area contributed by atoms with Crippen LogP contribution >= 0.6 is 0 Å². The van der Waals surface area contributed by atoms with E-state index in [2.05, 4.69) is 45.3 Å². The number of rotatable bonds is 9. The second kappa shape index (κ2) is 9.17. The highest BCUT2D eigenvalue weighted by Gasteiger charge is 2.12. The SMILES string of the molecule is CCCCC(NC(C)CC)NC(C)CC. The van der Waals surface area contributed by atoms with Gasteiger partial charge in [-0.15, -0.1) is 0 Å². The predicted molar refractivity (Wildman–Crippen MR) is 69.1 cm³/mol. The molecule has 2 nitrogen and oxygen atoms in total. The molecule has 0 saturated heterocycles. The normalized spacial score (nSPS) is 17.4. The van der Waals surface area contributed by atoms with Gasteiger partial charge in [-0.25, -0.2) is 0 Å². The first kappa shape index (κ1) is 14.9. The zero-order chi connectivity index (χ0) is 11.7. The molecule has 0 spiro atoms. The Labute approximate surface area is 96.2 Å². The standard InChI is InChI=1S/C13H30N2/c1-6-9-10-13(14-11(4)7-2)15-12(5)8-3/h11-15H,6-10H2,1-5H3. The predicted octanol–water partition coefficient (Wildman–Crippen LogP) is 3.28. The molecule has 15 heavy (non-hydrogen) atoms. The lowest BCUT2D eigenvalue weighted by molar-refractivity contribution is 0.319. The van der Waals surface area contributed by atoms with Gasteiger partial charge < -0.3 is 0 Å². The van der Waals surface area contributed by atoms with Gasteiger partial charge in [0.2, 0.25) is 0 Å². The molecule has 0 aliphatic rings. The van der Waals surface area contributed by atoms with Gasteiger partial charge in [0.1, 0.15) is 0 Å². The van der Waals surface area contributed by atoms with Crippen LogP contribution in [0.1, 0.15) is 66.7 Å². The highest BCUT2D eigenvalue weighted by atomic mass is 15.1. The van der Waals surface area contributed by atoms with Gasteiger partial charge in [-0.1, -0.05) is 33.6 Å². The molecule has 2 N–H and O–H groups in total. The molecule has 92 valence electrons. The molecule has 0 fully saturated rings. The van der Waals surface area contributed by atoms with Gasteiger partial charge in [-0.05, 0) is 33.1 Å². The molecule has 0 rings (SSSR count). The van der Waals surface area contributed by atoms with Crippen LogP contribution in [0.3, 0.4) is 0 Å². The van der Waals surface area contributed by atoms with Gasteiger partial charge in [0.15, 0.2) is 0 Å². The Morgan fingerprint density at radius 1 is 0.867 bits per heavy atom. The Bertz CT molecular complexity index is 124. The monoisotopic (exact) mass is 214 g/mol. The van der Waals surface area contributed by atoms with Crippen LogP contribution in [0.25, 0.3) is 0 Å². The highest BCUT2D eigenvalue weighted by Crippen LogP contribution is 2.03. The van der Waals surface area contributed by atoms with Gasteiger partial charge in [-0.3, -0.25) is 10.6 Å². The third kappa shape index (κ3) is 7.80. The quantitative estimate of drug-likeness (QED) is 0.576. The van der Waals surface area contributed by atoms with E-state index < -0.39 is 0 Å². The Hall–Kier alpha value is -0.0800. The summed E-state index contributed by atoms with van der Waals surface area (Å²) in [7, 11) is 0. The maximum absolute atomic E-state index is 3.66. The van der Waals surface area contributed by atoms with Crippen molar-refractivity contribution in [2.45, 2.75) is 85.0 Å². The molecule has 0 aromatic carbocycles. The number of nitrogens with one attached hydrogen (secondary N) is 2. The first-order chi connectivity index (χ1) is 7.13. The summed E-state index contributed by atoms with van der Waals surface area (Å²) in [5, 5.41) is 7.31. The second-order valence-electron chi connectivity index (χ2n) is 4.65. The molecule has 0 aliphatic carbocycles. The van der Waals surface area contributed by atoms with Crippen molar-refractivity contribution in [3.05, 3.63) is 0 Å². The molecular formula is C13H30N2. The molecule has 0 heterocycles. The first-order valence-electron chi connectivity index (χ1n) is 6.66. The molecule has 0 amide bonds. The molecule has 2 heteroatoms. The summed E-state index contributed by atoms with van der Waals surface area (Å²) in [6.07, 6.45) is 6.72. The molecule has 0 radical (unpaired) electrons. The van der Waals surface area contributed by atoms with E-state index in [0.29, 0.717) is 18.2 Å². The summed E-state index contributed by atoms with van der Waals surface area (Å²) in [5.74, 6) is 0. The van der Waals surface area contributed by atoms with E-state index in [1.165, 1.54) is 32.1 Å². The maximum atomic E-state index is 3.66. The molecule has 0 bridgehead atoms. The summed E-state index contributed by atoms with van der Waals surface area (Å²) in [4.78, 5) is 0. The fourth-order valence-electron chi connectivity index (χ4n) is 1.55. The van der Waals surface area contributed by atoms with Crippen molar-refractivity contribution >= 4 is 0 Å². The van der Waals surface area contributed by atoms with Crippen LogP contribution in [0.5, 0.6) is 0 Å². The van der Waals surface area contributed by atoms with Crippen molar-refractivity contribution in [3.8, 4) is 0 Å². The third-order valence-corrected chi connectivity index (χ3v) is 3.04. The van der Waals surface area contributed by atoms with E-state index in [1.54, 1.807) is 0 Å². The second-order valence-corrected chi connectivity index (χ2v) is 4.65. The summed E-state index contributed by atoms with van der Waals surface area (Å²) in [5.41, 5.74) is 0. The van der Waals surface area contributed by atoms with Crippen LogP contribution in [-0.2, 0) is 0 Å². The fraction of sp³-hybridized carbons (Fsp3) is 1.00. The zero-order valence-corrected chi connectivity index (χ0v) is 11.3. The van der Waals surface area contributed by atoms with E-state index >= 15 is 0 Å². The maximum Gasteiger partial charge on any atom is 0.0575 e. The lowest BCUT2D eigenvalue weighted by Crippen LogP contribution is -2.49. The Balaban J connectivity index is 3.93. The summed E-state index contributed by atoms with van der Waals surface area (Å²) in [6, 6.07) is 1.23. The molecule has 2 unspecified atom stereocenters. The van der Waals surface area contributed by atoms with Crippen LogP contribution in [0, 0.1) is 0 Å². The molecule has 0 aromatic rings. The lowest BCUT2D eigenvalue weighted by Gasteiger charge is -2.26. The van der Waals surface area contributed by atoms with E-state index in [9.17, 15) is 0 Å². The van der Waals surface area contributed by atoms with Crippen LogP contribution in [0.15, 0.2) is 0 Å². The minimum Gasteiger partial charge on any atom is -0.299 e. The summed E-state index contributed by atoms with van der Waals surface area (Å²) < 4.78 is 0. The van der Waals surface area contributed by atoms with Crippen LogP contribution in [0.2, 0.25) is 0 Å². The smallest absolute Gasteiger partial charge is 0.0575 e. The Kier molecular flexibility index (Phi) is 9.12. The summed E-state index contributed by atoms with van der Waals surface area (Å²) in [6.45, 7) is 11.2. The van der Waals surface area contributed by atoms with Crippen LogP contribution in [0.4, 0.5) is 0 Å². The van der Waals surface area contributed by atoms with Gasteiger partial charge in [-0.2, -0.15) is 0 Å². The summed E-state index contributed by atoms with van der Waals surface area (Å²) >= 11 is 0. The topological polar surface area (TPSA) is 24.1 Å². The molecular weight excluding hydrogens is 184 g/mol. The third-order valence-electron chi connectivity index (χ3n) is 3.04. The van der Waals surface area contributed by atoms with E-state index in [4.69, 9.17) is 0 Å². The minimum absolute atomic E-state index is 0.495. The molecule has 0 aromatic heterocycles. The largest absolute Gasteiger partial charge is 0.299 e. The zero-order valence-electron chi connectivity index (χ0n) is 11.3. The van der Waals surface area contributed by atoms with Crippen molar-refractivity contribution in [2.24, 2.45) is 0 Å². The van der Waals surface area contributed by atoms with Crippen molar-refractivity contribution in [1.29, 1.82) is 0 Å². The number of unbranched alkanes of at least 4 members (excludes halogenated alkanes) is 1. The average Bonchev–Trinajstić information content (AvgIpc) is 2.25. The van der Waals surface area contributed by atoms with Crippen molar-refractivity contribution in [1.82, 2.24) is 10.6 Å². The van der Waals surface area contributed by atoms with Gasteiger partial charge >= 0.3 is 0 Å².